The average Bonchev–Trinajstić information content (AvgIpc) is 3.27. The molecule has 366 valence electrons. The highest BCUT2D eigenvalue weighted by atomic mass is 16.7. The first-order valence-electron chi connectivity index (χ1n) is 26.2. The van der Waals surface area contributed by atoms with Gasteiger partial charge in [0.1, 0.15) is 30.5 Å². The summed E-state index contributed by atoms with van der Waals surface area (Å²) >= 11 is 0. The molecular weight excluding hydrogens is 783 g/mol. The summed E-state index contributed by atoms with van der Waals surface area (Å²) in [7, 11) is 0. The Morgan fingerprint density at radius 1 is 0.548 bits per heavy atom. The molecule has 0 aliphatic carbocycles. The van der Waals surface area contributed by atoms with Crippen LogP contribution in [0.25, 0.3) is 0 Å². The topological polar surface area (TPSA) is 169 Å². The van der Waals surface area contributed by atoms with Crippen molar-refractivity contribution in [2.75, 3.05) is 13.2 Å². The van der Waals surface area contributed by atoms with Crippen LogP contribution in [-0.4, -0.2) is 98.7 Å². The van der Waals surface area contributed by atoms with E-state index in [1.807, 2.05) is 6.08 Å². The zero-order valence-electron chi connectivity index (χ0n) is 40.0. The van der Waals surface area contributed by atoms with Gasteiger partial charge in [-0.1, -0.05) is 218 Å². The molecule has 8 unspecified atom stereocenters. The standard InChI is InChI=1S/C52H99NO9/c1-3-5-7-9-11-13-15-17-19-20-21-22-23-24-25-27-29-31-33-35-37-39-41-46(56)51(60)53-44(43-61-52-50(59)49(58)48(57)47(42-54)62-52)45(55)40-38-36-34-32-30-28-26-18-16-14-12-10-8-6-4-2/h24-25,38,40,44-50,52,54-59H,3-23,26-37,39,41-43H2,1-2H3,(H,53,60)/b25-24-,40-38+. The minimum absolute atomic E-state index is 0.305. The van der Waals surface area contributed by atoms with Gasteiger partial charge in [-0.15, -0.1) is 0 Å². The van der Waals surface area contributed by atoms with Gasteiger partial charge in [0.2, 0.25) is 5.91 Å². The van der Waals surface area contributed by atoms with E-state index in [0.29, 0.717) is 12.8 Å². The summed E-state index contributed by atoms with van der Waals surface area (Å²) in [6, 6.07) is -0.981. The Bertz CT molecular complexity index is 1040. The average molecular weight is 882 g/mol. The van der Waals surface area contributed by atoms with Crippen molar-refractivity contribution in [1.29, 1.82) is 0 Å². The van der Waals surface area contributed by atoms with Crippen LogP contribution >= 0.6 is 0 Å². The van der Waals surface area contributed by atoms with Crippen molar-refractivity contribution in [2.24, 2.45) is 0 Å². The van der Waals surface area contributed by atoms with Crippen molar-refractivity contribution >= 4 is 5.91 Å². The second kappa shape index (κ2) is 42.3. The van der Waals surface area contributed by atoms with E-state index in [1.54, 1.807) is 6.08 Å². The van der Waals surface area contributed by atoms with E-state index in [1.165, 1.54) is 167 Å². The van der Waals surface area contributed by atoms with Crippen molar-refractivity contribution < 1.29 is 44.9 Å². The van der Waals surface area contributed by atoms with Crippen LogP contribution < -0.4 is 5.32 Å². The zero-order chi connectivity index (χ0) is 45.3. The molecule has 1 amide bonds. The van der Waals surface area contributed by atoms with Gasteiger partial charge < -0.3 is 45.4 Å². The normalized spacial score (nSPS) is 20.9. The Balaban J connectivity index is 2.32. The molecule has 0 saturated carbocycles. The van der Waals surface area contributed by atoms with Crippen molar-refractivity contribution in [1.82, 2.24) is 5.32 Å². The number of aliphatic hydroxyl groups excluding tert-OH is 6. The second-order valence-corrected chi connectivity index (χ2v) is 18.5. The lowest BCUT2D eigenvalue weighted by Crippen LogP contribution is -2.60. The molecule has 62 heavy (non-hydrogen) atoms. The fourth-order valence-corrected chi connectivity index (χ4v) is 8.33. The number of carbonyl (C=O) groups excluding carboxylic acids is 1. The highest BCUT2D eigenvalue weighted by molar-refractivity contribution is 5.80. The van der Waals surface area contributed by atoms with E-state index < -0.39 is 61.5 Å². The van der Waals surface area contributed by atoms with Gasteiger partial charge in [-0.05, 0) is 44.9 Å². The highest BCUT2D eigenvalue weighted by Gasteiger charge is 2.44. The maximum absolute atomic E-state index is 13.1. The zero-order valence-corrected chi connectivity index (χ0v) is 40.0. The number of rotatable bonds is 44. The van der Waals surface area contributed by atoms with Crippen molar-refractivity contribution in [2.45, 2.75) is 288 Å². The number of nitrogens with one attached hydrogen (secondary N) is 1. The van der Waals surface area contributed by atoms with Crippen molar-refractivity contribution in [3.63, 3.8) is 0 Å². The third kappa shape index (κ3) is 31.5. The molecule has 0 radical (unpaired) electrons. The molecule has 1 saturated heterocycles. The minimum atomic E-state index is -1.61. The number of hydrogen-bond donors (Lipinski definition) is 7. The predicted octanol–water partition coefficient (Wildman–Crippen LogP) is 10.8. The molecule has 10 nitrogen and oxygen atoms in total. The van der Waals surface area contributed by atoms with Crippen LogP contribution in [0.15, 0.2) is 24.3 Å². The molecule has 0 spiro atoms. The van der Waals surface area contributed by atoms with Gasteiger partial charge in [0.25, 0.3) is 0 Å². The summed E-state index contributed by atoms with van der Waals surface area (Å²) in [4.78, 5) is 13.1. The molecule has 1 aliphatic heterocycles. The highest BCUT2D eigenvalue weighted by Crippen LogP contribution is 2.23. The van der Waals surface area contributed by atoms with Gasteiger partial charge in [-0.3, -0.25) is 4.79 Å². The SMILES string of the molecule is CCCCCCCCCCCCCC/C=C\CCCCCCCCC(O)C(=O)NC(COC1OC(CO)C(O)C(O)C1O)C(O)/C=C/CCCCCCCCCCCCCCC. The maximum Gasteiger partial charge on any atom is 0.249 e. The Kier molecular flexibility index (Phi) is 40.0. The van der Waals surface area contributed by atoms with Gasteiger partial charge in [0.15, 0.2) is 6.29 Å². The van der Waals surface area contributed by atoms with Crippen LogP contribution in [0.3, 0.4) is 0 Å². The lowest BCUT2D eigenvalue weighted by Gasteiger charge is -2.40. The molecule has 0 aromatic carbocycles. The number of allylic oxidation sites excluding steroid dienone is 3. The minimum Gasteiger partial charge on any atom is -0.394 e. The van der Waals surface area contributed by atoms with Crippen LogP contribution in [-0.2, 0) is 14.3 Å². The summed E-state index contributed by atoms with van der Waals surface area (Å²) in [6.07, 6.45) is 41.2. The first-order chi connectivity index (χ1) is 30.3. The number of amides is 1. The molecule has 10 heteroatoms. The van der Waals surface area contributed by atoms with Crippen LogP contribution in [0.2, 0.25) is 0 Å². The van der Waals surface area contributed by atoms with Gasteiger partial charge in [-0.2, -0.15) is 0 Å². The Morgan fingerprint density at radius 2 is 0.935 bits per heavy atom. The first-order valence-corrected chi connectivity index (χ1v) is 26.2. The number of unbranched alkanes of at least 4 members (excludes halogenated alkanes) is 31. The molecule has 1 fully saturated rings. The Hall–Kier alpha value is -1.37. The monoisotopic (exact) mass is 882 g/mol. The van der Waals surface area contributed by atoms with Crippen LogP contribution in [0.1, 0.15) is 239 Å². The molecule has 1 heterocycles. The lowest BCUT2D eigenvalue weighted by atomic mass is 9.99. The van der Waals surface area contributed by atoms with E-state index in [9.17, 15) is 35.4 Å². The van der Waals surface area contributed by atoms with Gasteiger partial charge in [-0.25, -0.2) is 0 Å². The van der Waals surface area contributed by atoms with E-state index in [-0.39, 0.29) is 6.61 Å². The number of carbonyl (C=O) groups is 1. The third-order valence-electron chi connectivity index (χ3n) is 12.6. The largest absolute Gasteiger partial charge is 0.394 e. The van der Waals surface area contributed by atoms with Gasteiger partial charge in [0, 0.05) is 0 Å². The lowest BCUT2D eigenvalue weighted by molar-refractivity contribution is -0.302. The fraction of sp³-hybridized carbons (Fsp3) is 0.904. The van der Waals surface area contributed by atoms with Crippen LogP contribution in [0.4, 0.5) is 0 Å². The molecule has 0 bridgehead atoms. The molecular formula is C52H99NO9. The van der Waals surface area contributed by atoms with Crippen LogP contribution in [0, 0.1) is 0 Å². The fourth-order valence-electron chi connectivity index (χ4n) is 8.33. The molecule has 1 rings (SSSR count). The van der Waals surface area contributed by atoms with E-state index in [2.05, 4.69) is 31.3 Å². The molecule has 8 atom stereocenters. The number of hydrogen-bond acceptors (Lipinski definition) is 9. The molecule has 0 aromatic heterocycles. The molecule has 1 aliphatic rings. The van der Waals surface area contributed by atoms with E-state index >= 15 is 0 Å². The van der Waals surface area contributed by atoms with Crippen molar-refractivity contribution in [3.8, 4) is 0 Å². The molecule has 0 aromatic rings. The Morgan fingerprint density at radius 3 is 1.35 bits per heavy atom. The first kappa shape index (κ1) is 58.6. The summed E-state index contributed by atoms with van der Waals surface area (Å²) in [5.41, 5.74) is 0. The van der Waals surface area contributed by atoms with Gasteiger partial charge >= 0.3 is 0 Å². The summed E-state index contributed by atoms with van der Waals surface area (Å²) in [6.45, 7) is 3.62. The smallest absolute Gasteiger partial charge is 0.249 e. The maximum atomic E-state index is 13.1. The Labute approximate surface area is 380 Å². The predicted molar refractivity (Wildman–Crippen MR) is 255 cm³/mol. The van der Waals surface area contributed by atoms with Gasteiger partial charge in [0.05, 0.1) is 25.4 Å². The summed E-state index contributed by atoms with van der Waals surface area (Å²) in [5.74, 6) is -0.619. The second-order valence-electron chi connectivity index (χ2n) is 18.5. The third-order valence-corrected chi connectivity index (χ3v) is 12.6. The number of aliphatic hydroxyl groups is 6. The van der Waals surface area contributed by atoms with Crippen molar-refractivity contribution in [3.05, 3.63) is 24.3 Å². The summed E-state index contributed by atoms with van der Waals surface area (Å²) < 4.78 is 11.2. The van der Waals surface area contributed by atoms with Crippen LogP contribution in [0.5, 0.6) is 0 Å². The number of ether oxygens (including phenoxy) is 2. The summed E-state index contributed by atoms with van der Waals surface area (Å²) in [5, 5.41) is 64.8. The van der Waals surface area contributed by atoms with E-state index in [4.69, 9.17) is 9.47 Å². The van der Waals surface area contributed by atoms with E-state index in [0.717, 1.165) is 44.9 Å². The molecule has 7 N–H and O–H groups in total. The quantitative estimate of drug-likeness (QED) is 0.0233.